The number of hydrogen-bond donors (Lipinski definition) is 0. The highest BCUT2D eigenvalue weighted by Crippen LogP contribution is 2.26. The molecule has 1 aliphatic heterocycles. The van der Waals surface area contributed by atoms with Gasteiger partial charge in [-0.25, -0.2) is 8.42 Å². The Morgan fingerprint density at radius 2 is 2.22 bits per heavy atom. The molecule has 1 aromatic rings. The van der Waals surface area contributed by atoms with E-state index in [-0.39, 0.29) is 11.0 Å². The minimum atomic E-state index is -3.68. The van der Waals surface area contributed by atoms with Crippen LogP contribution in [0.5, 0.6) is 5.75 Å². The minimum absolute atomic E-state index is 0.0379. The van der Waals surface area contributed by atoms with Gasteiger partial charge in [0.1, 0.15) is 11.9 Å². The summed E-state index contributed by atoms with van der Waals surface area (Å²) in [5.74, 6) is 0.676. The van der Waals surface area contributed by atoms with Crippen LogP contribution in [0.2, 0.25) is 0 Å². The monoisotopic (exact) mass is 290 g/mol. The molecule has 0 radical (unpaired) electrons. The van der Waals surface area contributed by atoms with E-state index in [0.29, 0.717) is 12.4 Å². The second kappa shape index (κ2) is 5.47. The maximum Gasteiger partial charge on any atom is 0.261 e. The smallest absolute Gasteiger partial charge is 0.261 e. The van der Waals surface area contributed by atoms with Crippen molar-refractivity contribution in [2.24, 2.45) is 0 Å². The first-order valence-corrected chi connectivity index (χ1v) is 8.07. The number of rotatable bonds is 3. The predicted octanol–water partition coefficient (Wildman–Crippen LogP) is 2.48. The Hall–Kier alpha value is -0.780. The summed E-state index contributed by atoms with van der Waals surface area (Å²) in [4.78, 5) is 0.0916. The Labute approximate surface area is 111 Å². The van der Waals surface area contributed by atoms with Crippen molar-refractivity contribution >= 4 is 19.7 Å². The Balaban J connectivity index is 2.14. The number of ether oxygens (including phenoxy) is 2. The molecule has 2 rings (SSSR count). The summed E-state index contributed by atoms with van der Waals surface area (Å²) in [6.45, 7) is 3.15. The van der Waals surface area contributed by atoms with E-state index in [0.717, 1.165) is 25.0 Å². The maximum atomic E-state index is 11.2. The van der Waals surface area contributed by atoms with Gasteiger partial charge in [-0.1, -0.05) is 0 Å². The Kier molecular flexibility index (Phi) is 4.14. The molecule has 0 spiro atoms. The van der Waals surface area contributed by atoms with Gasteiger partial charge in [0.05, 0.1) is 11.5 Å². The fraction of sp³-hybridized carbons (Fsp3) is 0.500. The van der Waals surface area contributed by atoms with Gasteiger partial charge in [0.15, 0.2) is 0 Å². The predicted molar refractivity (Wildman–Crippen MR) is 68.7 cm³/mol. The molecule has 0 aliphatic carbocycles. The summed E-state index contributed by atoms with van der Waals surface area (Å²) in [5.41, 5.74) is 0.752. The van der Waals surface area contributed by atoms with E-state index >= 15 is 0 Å². The third-order valence-electron chi connectivity index (χ3n) is 2.84. The van der Waals surface area contributed by atoms with Crippen molar-refractivity contribution in [2.75, 3.05) is 13.2 Å². The van der Waals surface area contributed by atoms with Gasteiger partial charge in [-0.3, -0.25) is 0 Å². The summed E-state index contributed by atoms with van der Waals surface area (Å²) in [6, 6.07) is 4.61. The summed E-state index contributed by atoms with van der Waals surface area (Å²) < 4.78 is 33.5. The highest BCUT2D eigenvalue weighted by molar-refractivity contribution is 8.13. The topological polar surface area (TPSA) is 52.6 Å². The zero-order valence-electron chi connectivity index (χ0n) is 10.1. The molecule has 0 bridgehead atoms. The van der Waals surface area contributed by atoms with Crippen LogP contribution in [0.3, 0.4) is 0 Å². The molecular formula is C12H15ClO4S. The number of halogens is 1. The standard InChI is InChI=1S/C12H15ClO4S/c1-9-7-11(18(13,14)15)4-5-12(9)17-10-3-2-6-16-8-10/h4-5,7,10H,2-3,6,8H2,1H3. The Bertz CT molecular complexity index is 521. The first-order chi connectivity index (χ1) is 8.47. The fourth-order valence-corrected chi connectivity index (χ4v) is 2.73. The van der Waals surface area contributed by atoms with Crippen LogP contribution in [-0.2, 0) is 13.8 Å². The molecule has 0 amide bonds. The molecule has 1 fully saturated rings. The first-order valence-electron chi connectivity index (χ1n) is 5.76. The lowest BCUT2D eigenvalue weighted by atomic mass is 10.1. The summed E-state index contributed by atoms with van der Waals surface area (Å²) in [6.07, 6.45) is 1.98. The van der Waals surface area contributed by atoms with Gasteiger partial charge in [0.2, 0.25) is 0 Å². The number of hydrogen-bond acceptors (Lipinski definition) is 4. The third-order valence-corrected chi connectivity index (χ3v) is 4.19. The van der Waals surface area contributed by atoms with Crippen molar-refractivity contribution in [3.05, 3.63) is 23.8 Å². The zero-order valence-corrected chi connectivity index (χ0v) is 11.6. The molecule has 0 aromatic heterocycles. The molecule has 18 heavy (non-hydrogen) atoms. The van der Waals surface area contributed by atoms with Crippen molar-refractivity contribution in [2.45, 2.75) is 30.8 Å². The van der Waals surface area contributed by atoms with E-state index in [4.69, 9.17) is 20.2 Å². The third kappa shape index (κ3) is 3.37. The molecule has 0 N–H and O–H groups in total. The maximum absolute atomic E-state index is 11.2. The van der Waals surface area contributed by atoms with Crippen LogP contribution in [0.15, 0.2) is 23.1 Å². The highest BCUT2D eigenvalue weighted by atomic mass is 35.7. The van der Waals surface area contributed by atoms with E-state index in [1.807, 2.05) is 0 Å². The second-order valence-corrected chi connectivity index (χ2v) is 6.89. The lowest BCUT2D eigenvalue weighted by molar-refractivity contribution is 0.00713. The van der Waals surface area contributed by atoms with E-state index in [1.54, 1.807) is 13.0 Å². The van der Waals surface area contributed by atoms with Crippen molar-refractivity contribution in [1.82, 2.24) is 0 Å². The van der Waals surface area contributed by atoms with Gasteiger partial charge >= 0.3 is 0 Å². The molecule has 1 saturated heterocycles. The molecule has 6 heteroatoms. The van der Waals surface area contributed by atoms with Crippen LogP contribution in [-0.4, -0.2) is 27.7 Å². The molecule has 100 valence electrons. The van der Waals surface area contributed by atoms with Crippen molar-refractivity contribution in [3.8, 4) is 5.75 Å². The van der Waals surface area contributed by atoms with E-state index in [2.05, 4.69) is 0 Å². The lowest BCUT2D eigenvalue weighted by Crippen LogP contribution is -2.28. The van der Waals surface area contributed by atoms with Crippen LogP contribution in [0.25, 0.3) is 0 Å². The van der Waals surface area contributed by atoms with Crippen LogP contribution in [0.1, 0.15) is 18.4 Å². The van der Waals surface area contributed by atoms with E-state index in [1.165, 1.54) is 12.1 Å². The van der Waals surface area contributed by atoms with Gasteiger partial charge in [0, 0.05) is 17.3 Å². The van der Waals surface area contributed by atoms with Crippen molar-refractivity contribution in [1.29, 1.82) is 0 Å². The van der Waals surface area contributed by atoms with Crippen LogP contribution in [0, 0.1) is 6.92 Å². The Morgan fingerprint density at radius 3 is 2.78 bits per heavy atom. The largest absolute Gasteiger partial charge is 0.488 e. The molecule has 1 atom stereocenters. The molecule has 1 unspecified atom stereocenters. The quantitative estimate of drug-likeness (QED) is 0.803. The van der Waals surface area contributed by atoms with Crippen molar-refractivity contribution < 1.29 is 17.9 Å². The Morgan fingerprint density at radius 1 is 1.44 bits per heavy atom. The molecule has 1 aromatic carbocycles. The molecule has 1 aliphatic rings. The lowest BCUT2D eigenvalue weighted by Gasteiger charge is -2.24. The average Bonchev–Trinajstić information content (AvgIpc) is 2.32. The van der Waals surface area contributed by atoms with Crippen molar-refractivity contribution in [3.63, 3.8) is 0 Å². The summed E-state index contributed by atoms with van der Waals surface area (Å²) in [5, 5.41) is 0. The van der Waals surface area contributed by atoms with Crippen LogP contribution in [0.4, 0.5) is 0 Å². The van der Waals surface area contributed by atoms with Gasteiger partial charge < -0.3 is 9.47 Å². The first kappa shape index (κ1) is 13.6. The molecular weight excluding hydrogens is 276 g/mol. The highest BCUT2D eigenvalue weighted by Gasteiger charge is 2.17. The van der Waals surface area contributed by atoms with E-state index < -0.39 is 9.05 Å². The van der Waals surface area contributed by atoms with Crippen LogP contribution < -0.4 is 4.74 Å². The van der Waals surface area contributed by atoms with Gasteiger partial charge in [-0.05, 0) is 43.5 Å². The number of aryl methyl sites for hydroxylation is 1. The van der Waals surface area contributed by atoms with Crippen LogP contribution >= 0.6 is 10.7 Å². The van der Waals surface area contributed by atoms with E-state index in [9.17, 15) is 8.42 Å². The molecule has 4 nitrogen and oxygen atoms in total. The van der Waals surface area contributed by atoms with Gasteiger partial charge in [-0.15, -0.1) is 0 Å². The normalized spacial score (nSPS) is 20.7. The molecule has 0 saturated carbocycles. The van der Waals surface area contributed by atoms with Gasteiger partial charge in [-0.2, -0.15) is 0 Å². The SMILES string of the molecule is Cc1cc(S(=O)(=O)Cl)ccc1OC1CCCOC1. The van der Waals surface area contributed by atoms with Gasteiger partial charge in [0.25, 0.3) is 9.05 Å². The zero-order chi connectivity index (χ0) is 13.2. The number of benzene rings is 1. The summed E-state index contributed by atoms with van der Waals surface area (Å²) in [7, 11) is 1.60. The fourth-order valence-electron chi connectivity index (χ4n) is 1.89. The minimum Gasteiger partial charge on any atom is -0.488 e. The summed E-state index contributed by atoms with van der Waals surface area (Å²) >= 11 is 0. The average molecular weight is 291 g/mol. The molecule has 1 heterocycles. The second-order valence-electron chi connectivity index (χ2n) is 4.32.